The molecular formula is C10H20O4S. The van der Waals surface area contributed by atoms with Crippen molar-refractivity contribution in [2.24, 2.45) is 5.92 Å². The molecule has 2 unspecified atom stereocenters. The van der Waals surface area contributed by atoms with Crippen LogP contribution < -0.4 is 0 Å². The first-order chi connectivity index (χ1) is 7.11. The topological polar surface area (TPSA) is 52.6 Å². The average molecular weight is 236 g/mol. The van der Waals surface area contributed by atoms with Gasteiger partial charge in [-0.3, -0.25) is 9.00 Å². The summed E-state index contributed by atoms with van der Waals surface area (Å²) in [4.78, 5) is 11.2. The molecule has 0 spiro atoms. The van der Waals surface area contributed by atoms with Gasteiger partial charge in [0.25, 0.3) is 0 Å². The van der Waals surface area contributed by atoms with E-state index in [0.717, 1.165) is 6.42 Å². The Morgan fingerprint density at radius 2 is 2.13 bits per heavy atom. The zero-order valence-corrected chi connectivity index (χ0v) is 10.5. The van der Waals surface area contributed by atoms with E-state index < -0.39 is 10.8 Å². The van der Waals surface area contributed by atoms with Crippen molar-refractivity contribution in [3.63, 3.8) is 0 Å². The van der Waals surface area contributed by atoms with Gasteiger partial charge in [0.15, 0.2) is 0 Å². The van der Waals surface area contributed by atoms with Crippen molar-refractivity contribution in [3.8, 4) is 0 Å². The second-order valence-corrected chi connectivity index (χ2v) is 4.93. The molecule has 15 heavy (non-hydrogen) atoms. The van der Waals surface area contributed by atoms with Crippen molar-refractivity contribution in [2.75, 3.05) is 31.8 Å². The molecule has 5 heteroatoms. The molecule has 0 N–H and O–H groups in total. The zero-order chi connectivity index (χ0) is 11.7. The molecule has 0 radical (unpaired) electrons. The third kappa shape index (κ3) is 7.50. The maximum absolute atomic E-state index is 11.5. The number of hydrogen-bond acceptors (Lipinski definition) is 4. The van der Waals surface area contributed by atoms with E-state index in [1.165, 1.54) is 0 Å². The summed E-state index contributed by atoms with van der Waals surface area (Å²) >= 11 is 0. The molecule has 2 atom stereocenters. The molecule has 0 saturated heterocycles. The Balaban J connectivity index is 3.70. The summed E-state index contributed by atoms with van der Waals surface area (Å²) in [5.74, 6) is 0.408. The van der Waals surface area contributed by atoms with E-state index in [1.54, 1.807) is 21.0 Å². The van der Waals surface area contributed by atoms with Crippen molar-refractivity contribution in [2.45, 2.75) is 20.3 Å². The van der Waals surface area contributed by atoms with Gasteiger partial charge in [-0.1, -0.05) is 6.92 Å². The van der Waals surface area contributed by atoms with Gasteiger partial charge in [0, 0.05) is 36.0 Å². The van der Waals surface area contributed by atoms with Crippen LogP contribution in [-0.4, -0.2) is 42.0 Å². The summed E-state index contributed by atoms with van der Waals surface area (Å²) in [5, 5.41) is 0. The fraction of sp³-hybridized carbons (Fsp3) is 0.900. The van der Waals surface area contributed by atoms with E-state index in [1.807, 2.05) is 0 Å². The number of hydrogen-bond donors (Lipinski definition) is 0. The van der Waals surface area contributed by atoms with Crippen LogP contribution in [0.5, 0.6) is 0 Å². The lowest BCUT2D eigenvalue weighted by Gasteiger charge is -2.09. The minimum atomic E-state index is -0.957. The van der Waals surface area contributed by atoms with Gasteiger partial charge in [0.2, 0.25) is 0 Å². The Kier molecular flexibility index (Phi) is 8.61. The highest BCUT2D eigenvalue weighted by atomic mass is 32.2. The van der Waals surface area contributed by atoms with Crippen molar-refractivity contribution in [3.05, 3.63) is 0 Å². The molecule has 0 fully saturated rings. The van der Waals surface area contributed by atoms with E-state index in [4.69, 9.17) is 9.47 Å². The van der Waals surface area contributed by atoms with E-state index in [-0.39, 0.29) is 11.9 Å². The molecule has 0 aromatic carbocycles. The predicted molar refractivity (Wildman–Crippen MR) is 60.2 cm³/mol. The first-order valence-corrected chi connectivity index (χ1v) is 6.61. The van der Waals surface area contributed by atoms with Gasteiger partial charge >= 0.3 is 5.97 Å². The third-order valence-corrected chi connectivity index (χ3v) is 3.46. The van der Waals surface area contributed by atoms with Crippen LogP contribution in [0.25, 0.3) is 0 Å². The molecule has 0 aliphatic heterocycles. The van der Waals surface area contributed by atoms with E-state index >= 15 is 0 Å². The minimum Gasteiger partial charge on any atom is -0.466 e. The van der Waals surface area contributed by atoms with Crippen molar-refractivity contribution in [1.29, 1.82) is 0 Å². The molecular weight excluding hydrogens is 216 g/mol. The van der Waals surface area contributed by atoms with Crippen LogP contribution in [0.2, 0.25) is 0 Å². The number of carbonyl (C=O) groups excluding carboxylic acids is 1. The Morgan fingerprint density at radius 3 is 2.67 bits per heavy atom. The van der Waals surface area contributed by atoms with E-state index in [9.17, 15) is 9.00 Å². The summed E-state index contributed by atoms with van der Waals surface area (Å²) in [5.41, 5.74) is 0. The maximum atomic E-state index is 11.5. The van der Waals surface area contributed by atoms with Crippen LogP contribution in [0.4, 0.5) is 0 Å². The lowest BCUT2D eigenvalue weighted by molar-refractivity contribution is -0.146. The molecule has 0 saturated carbocycles. The summed E-state index contributed by atoms with van der Waals surface area (Å²) in [6, 6.07) is 0. The second kappa shape index (κ2) is 8.85. The fourth-order valence-corrected chi connectivity index (χ4v) is 2.38. The summed E-state index contributed by atoms with van der Waals surface area (Å²) < 4.78 is 21.2. The summed E-state index contributed by atoms with van der Waals surface area (Å²) in [7, 11) is 0.659. The minimum absolute atomic E-state index is 0.266. The molecule has 0 aromatic rings. The normalized spacial score (nSPS) is 14.6. The molecule has 0 aromatic heterocycles. The molecule has 0 aliphatic rings. The van der Waals surface area contributed by atoms with Gasteiger partial charge in [0.05, 0.1) is 12.5 Å². The van der Waals surface area contributed by atoms with E-state index in [2.05, 4.69) is 0 Å². The highest BCUT2D eigenvalue weighted by Gasteiger charge is 2.16. The Morgan fingerprint density at radius 1 is 1.47 bits per heavy atom. The molecule has 90 valence electrons. The summed E-state index contributed by atoms with van der Waals surface area (Å²) in [6.07, 6.45) is 0.763. The lowest BCUT2D eigenvalue weighted by atomic mass is 10.2. The van der Waals surface area contributed by atoms with Gasteiger partial charge in [0.1, 0.15) is 0 Å². The highest BCUT2D eigenvalue weighted by Crippen LogP contribution is 2.02. The van der Waals surface area contributed by atoms with Crippen LogP contribution in [-0.2, 0) is 25.1 Å². The Bertz CT molecular complexity index is 206. The monoisotopic (exact) mass is 236 g/mol. The molecule has 4 nitrogen and oxygen atoms in total. The average Bonchev–Trinajstić information content (AvgIpc) is 2.18. The zero-order valence-electron chi connectivity index (χ0n) is 9.65. The van der Waals surface area contributed by atoms with Crippen molar-refractivity contribution < 1.29 is 18.5 Å². The quantitative estimate of drug-likeness (QED) is 0.465. The number of carbonyl (C=O) groups is 1. The van der Waals surface area contributed by atoms with Crippen LogP contribution in [0.1, 0.15) is 20.3 Å². The first kappa shape index (κ1) is 14.6. The number of rotatable bonds is 8. The molecule has 0 amide bonds. The Hall–Kier alpha value is -0.420. The van der Waals surface area contributed by atoms with Gasteiger partial charge in [-0.25, -0.2) is 0 Å². The first-order valence-electron chi connectivity index (χ1n) is 5.12. The molecule has 0 bridgehead atoms. The van der Waals surface area contributed by atoms with Crippen molar-refractivity contribution in [1.82, 2.24) is 0 Å². The van der Waals surface area contributed by atoms with Crippen LogP contribution in [0, 0.1) is 5.92 Å². The Labute approximate surface area is 93.8 Å². The standard InChI is InChI=1S/C10H20O4S/c1-4-14-10(11)9(2)8-15(12)7-5-6-13-3/h9H,4-8H2,1-3H3. The predicted octanol–water partition coefficient (Wildman–Crippen LogP) is 0.971. The second-order valence-electron chi connectivity index (χ2n) is 3.31. The van der Waals surface area contributed by atoms with Crippen LogP contribution >= 0.6 is 0 Å². The fourth-order valence-electron chi connectivity index (χ4n) is 1.08. The SMILES string of the molecule is CCOC(=O)C(C)CS(=O)CCCOC. The largest absolute Gasteiger partial charge is 0.466 e. The number of esters is 1. The van der Waals surface area contributed by atoms with Gasteiger partial charge in [-0.15, -0.1) is 0 Å². The van der Waals surface area contributed by atoms with Crippen LogP contribution in [0.3, 0.4) is 0 Å². The van der Waals surface area contributed by atoms with Gasteiger partial charge in [-0.05, 0) is 13.3 Å². The molecule has 0 heterocycles. The number of methoxy groups -OCH3 is 1. The third-order valence-electron chi connectivity index (χ3n) is 1.85. The molecule has 0 rings (SSSR count). The maximum Gasteiger partial charge on any atom is 0.309 e. The summed E-state index contributed by atoms with van der Waals surface area (Å²) in [6.45, 7) is 4.49. The smallest absolute Gasteiger partial charge is 0.309 e. The van der Waals surface area contributed by atoms with Gasteiger partial charge in [-0.2, -0.15) is 0 Å². The number of ether oxygens (including phenoxy) is 2. The van der Waals surface area contributed by atoms with Crippen LogP contribution in [0.15, 0.2) is 0 Å². The van der Waals surface area contributed by atoms with Crippen molar-refractivity contribution >= 4 is 16.8 Å². The lowest BCUT2D eigenvalue weighted by Crippen LogP contribution is -2.22. The molecule has 0 aliphatic carbocycles. The van der Waals surface area contributed by atoms with E-state index in [0.29, 0.717) is 24.7 Å². The highest BCUT2D eigenvalue weighted by molar-refractivity contribution is 7.85. The van der Waals surface area contributed by atoms with Gasteiger partial charge < -0.3 is 9.47 Å².